The zero-order chi connectivity index (χ0) is 12.1. The van der Waals surface area contributed by atoms with Crippen molar-refractivity contribution in [2.45, 2.75) is 19.4 Å². The van der Waals surface area contributed by atoms with E-state index in [1.807, 2.05) is 19.1 Å². The Morgan fingerprint density at radius 1 is 1.56 bits per heavy atom. The standard InChI is InChI=1S/C12H13Br2NO/c1-3-4-8(2)15-12(16)10-6-5-9(13)7-11(10)14/h3,5-8H,1,4H2,2H3,(H,15,16). The molecule has 86 valence electrons. The van der Waals surface area contributed by atoms with Crippen molar-refractivity contribution in [1.82, 2.24) is 5.32 Å². The van der Waals surface area contributed by atoms with Gasteiger partial charge in [0.05, 0.1) is 5.56 Å². The number of rotatable bonds is 4. The van der Waals surface area contributed by atoms with Crippen LogP contribution in [0.1, 0.15) is 23.7 Å². The Morgan fingerprint density at radius 2 is 2.25 bits per heavy atom. The number of halogens is 2. The van der Waals surface area contributed by atoms with Crippen LogP contribution >= 0.6 is 31.9 Å². The first-order valence-corrected chi connectivity index (χ1v) is 6.50. The van der Waals surface area contributed by atoms with Crippen LogP contribution in [0.25, 0.3) is 0 Å². The molecule has 1 aromatic carbocycles. The summed E-state index contributed by atoms with van der Waals surface area (Å²) in [5.74, 6) is -0.0753. The van der Waals surface area contributed by atoms with E-state index in [1.54, 1.807) is 12.1 Å². The van der Waals surface area contributed by atoms with Crippen molar-refractivity contribution in [3.05, 3.63) is 45.4 Å². The number of carbonyl (C=O) groups is 1. The average Bonchev–Trinajstić information content (AvgIpc) is 2.17. The molecule has 0 aliphatic heterocycles. The number of carbonyl (C=O) groups excluding carboxylic acids is 1. The third-order valence-electron chi connectivity index (χ3n) is 2.07. The quantitative estimate of drug-likeness (QED) is 0.823. The number of hydrogen-bond acceptors (Lipinski definition) is 1. The monoisotopic (exact) mass is 345 g/mol. The van der Waals surface area contributed by atoms with Gasteiger partial charge in [-0.3, -0.25) is 4.79 Å². The Labute approximate surface area is 112 Å². The summed E-state index contributed by atoms with van der Waals surface area (Å²) in [5.41, 5.74) is 0.638. The molecule has 0 aliphatic carbocycles. The third kappa shape index (κ3) is 3.76. The molecule has 1 aromatic rings. The molecule has 0 aromatic heterocycles. The summed E-state index contributed by atoms with van der Waals surface area (Å²) < 4.78 is 1.72. The van der Waals surface area contributed by atoms with E-state index in [-0.39, 0.29) is 11.9 Å². The van der Waals surface area contributed by atoms with Crippen molar-refractivity contribution in [3.63, 3.8) is 0 Å². The molecule has 0 bridgehead atoms. The Morgan fingerprint density at radius 3 is 2.81 bits per heavy atom. The number of hydrogen-bond donors (Lipinski definition) is 1. The molecule has 1 rings (SSSR count). The van der Waals surface area contributed by atoms with Crippen LogP contribution in [0.4, 0.5) is 0 Å². The summed E-state index contributed by atoms with van der Waals surface area (Å²) in [5, 5.41) is 2.90. The maximum Gasteiger partial charge on any atom is 0.252 e. The molecular formula is C12H13Br2NO. The number of benzene rings is 1. The van der Waals surface area contributed by atoms with Crippen LogP contribution in [0.2, 0.25) is 0 Å². The second-order valence-electron chi connectivity index (χ2n) is 3.52. The van der Waals surface area contributed by atoms with Crippen LogP contribution in [0.3, 0.4) is 0 Å². The molecule has 0 aliphatic rings. The lowest BCUT2D eigenvalue weighted by Gasteiger charge is -2.12. The fourth-order valence-corrected chi connectivity index (χ4v) is 2.51. The van der Waals surface area contributed by atoms with Crippen LogP contribution in [0.15, 0.2) is 39.8 Å². The highest BCUT2D eigenvalue weighted by Gasteiger charge is 2.11. The van der Waals surface area contributed by atoms with Crippen molar-refractivity contribution in [1.29, 1.82) is 0 Å². The molecule has 0 saturated carbocycles. The second kappa shape index (κ2) is 6.21. The smallest absolute Gasteiger partial charge is 0.252 e. The van der Waals surface area contributed by atoms with E-state index in [2.05, 4.69) is 43.8 Å². The molecule has 0 heterocycles. The number of nitrogens with one attached hydrogen (secondary N) is 1. The van der Waals surface area contributed by atoms with Crippen molar-refractivity contribution in [3.8, 4) is 0 Å². The van der Waals surface area contributed by atoms with Crippen molar-refractivity contribution in [2.75, 3.05) is 0 Å². The largest absolute Gasteiger partial charge is 0.349 e. The van der Waals surface area contributed by atoms with Crippen molar-refractivity contribution in [2.24, 2.45) is 0 Å². The fourth-order valence-electron chi connectivity index (χ4n) is 1.28. The zero-order valence-corrected chi connectivity index (χ0v) is 12.1. The van der Waals surface area contributed by atoms with E-state index in [1.165, 1.54) is 0 Å². The highest BCUT2D eigenvalue weighted by molar-refractivity contribution is 9.11. The maximum absolute atomic E-state index is 11.9. The predicted molar refractivity (Wildman–Crippen MR) is 73.6 cm³/mol. The number of amides is 1. The molecule has 4 heteroatoms. The van der Waals surface area contributed by atoms with Gasteiger partial charge in [-0.25, -0.2) is 0 Å². The Bertz CT molecular complexity index is 404. The lowest BCUT2D eigenvalue weighted by molar-refractivity contribution is 0.0940. The van der Waals surface area contributed by atoms with Gasteiger partial charge >= 0.3 is 0 Å². The predicted octanol–water partition coefficient (Wildman–Crippen LogP) is 3.91. The van der Waals surface area contributed by atoms with Gasteiger partial charge in [-0.05, 0) is 47.5 Å². The molecule has 2 nitrogen and oxygen atoms in total. The molecule has 0 fully saturated rings. The Balaban J connectivity index is 2.76. The van der Waals surface area contributed by atoms with Gasteiger partial charge in [-0.1, -0.05) is 22.0 Å². The topological polar surface area (TPSA) is 29.1 Å². The lowest BCUT2D eigenvalue weighted by Crippen LogP contribution is -2.32. The van der Waals surface area contributed by atoms with E-state index in [0.29, 0.717) is 5.56 Å². The third-order valence-corrected chi connectivity index (χ3v) is 3.22. The highest BCUT2D eigenvalue weighted by atomic mass is 79.9. The summed E-state index contributed by atoms with van der Waals surface area (Å²) >= 11 is 6.71. The first-order valence-electron chi connectivity index (χ1n) is 4.91. The molecule has 0 spiro atoms. The second-order valence-corrected chi connectivity index (χ2v) is 5.29. The van der Waals surface area contributed by atoms with Crippen LogP contribution in [-0.4, -0.2) is 11.9 Å². The van der Waals surface area contributed by atoms with Gasteiger partial charge < -0.3 is 5.32 Å². The van der Waals surface area contributed by atoms with Crippen molar-refractivity contribution >= 4 is 37.8 Å². The molecule has 0 saturated heterocycles. The van der Waals surface area contributed by atoms with Crippen LogP contribution in [0.5, 0.6) is 0 Å². The SMILES string of the molecule is C=CCC(C)NC(=O)c1ccc(Br)cc1Br. The summed E-state index contributed by atoms with van der Waals surface area (Å²) in [6.45, 7) is 5.59. The molecule has 0 radical (unpaired) electrons. The maximum atomic E-state index is 11.9. The first kappa shape index (κ1) is 13.5. The summed E-state index contributed by atoms with van der Waals surface area (Å²) in [6, 6.07) is 5.58. The summed E-state index contributed by atoms with van der Waals surface area (Å²) in [7, 11) is 0. The Hall–Kier alpha value is -0.610. The normalized spacial score (nSPS) is 11.9. The summed E-state index contributed by atoms with van der Waals surface area (Å²) in [6.07, 6.45) is 2.56. The lowest BCUT2D eigenvalue weighted by atomic mass is 10.2. The Kier molecular flexibility index (Phi) is 5.22. The fraction of sp³-hybridized carbons (Fsp3) is 0.250. The molecule has 1 N–H and O–H groups in total. The minimum absolute atomic E-state index is 0.0753. The molecular weight excluding hydrogens is 334 g/mol. The summed E-state index contributed by atoms with van der Waals surface area (Å²) in [4.78, 5) is 11.9. The van der Waals surface area contributed by atoms with Gasteiger partial charge in [0.1, 0.15) is 0 Å². The molecule has 1 unspecified atom stereocenters. The minimum atomic E-state index is -0.0753. The van der Waals surface area contributed by atoms with Crippen LogP contribution in [0, 0.1) is 0 Å². The van der Waals surface area contributed by atoms with Crippen LogP contribution in [-0.2, 0) is 0 Å². The van der Waals surface area contributed by atoms with E-state index >= 15 is 0 Å². The minimum Gasteiger partial charge on any atom is -0.349 e. The zero-order valence-electron chi connectivity index (χ0n) is 8.97. The molecule has 16 heavy (non-hydrogen) atoms. The average molecular weight is 347 g/mol. The van der Waals surface area contributed by atoms with E-state index in [0.717, 1.165) is 15.4 Å². The van der Waals surface area contributed by atoms with Gasteiger partial charge in [0.15, 0.2) is 0 Å². The van der Waals surface area contributed by atoms with Gasteiger partial charge in [0.2, 0.25) is 0 Å². The first-order chi connectivity index (χ1) is 7.54. The van der Waals surface area contributed by atoms with Crippen molar-refractivity contribution < 1.29 is 4.79 Å². The van der Waals surface area contributed by atoms with E-state index in [4.69, 9.17) is 0 Å². The van der Waals surface area contributed by atoms with Gasteiger partial charge in [0.25, 0.3) is 5.91 Å². The van der Waals surface area contributed by atoms with E-state index in [9.17, 15) is 4.79 Å². The molecule has 1 amide bonds. The van der Waals surface area contributed by atoms with Gasteiger partial charge in [0, 0.05) is 15.0 Å². The molecule has 1 atom stereocenters. The van der Waals surface area contributed by atoms with Gasteiger partial charge in [-0.15, -0.1) is 6.58 Å². The van der Waals surface area contributed by atoms with Crippen LogP contribution < -0.4 is 5.32 Å². The van der Waals surface area contributed by atoms with Gasteiger partial charge in [-0.2, -0.15) is 0 Å². The van der Waals surface area contributed by atoms with E-state index < -0.39 is 0 Å². The highest BCUT2D eigenvalue weighted by Crippen LogP contribution is 2.21.